The second-order valence-corrected chi connectivity index (χ2v) is 5.84. The summed E-state index contributed by atoms with van der Waals surface area (Å²) in [5, 5.41) is 0. The monoisotopic (exact) mass is 293 g/mol. The van der Waals surface area contributed by atoms with E-state index in [9.17, 15) is 0 Å². The van der Waals surface area contributed by atoms with E-state index in [0.29, 0.717) is 18.4 Å². The molecule has 0 aliphatic heterocycles. The van der Waals surface area contributed by atoms with Crippen LogP contribution in [0.4, 0.5) is 0 Å². The number of H-pyrrole nitrogens is 1. The molecule has 1 aromatic carbocycles. The molecule has 1 saturated carbocycles. The van der Waals surface area contributed by atoms with Gasteiger partial charge in [-0.25, -0.2) is 9.97 Å². The molecule has 0 atom stereocenters. The van der Waals surface area contributed by atoms with Crippen molar-refractivity contribution in [3.8, 4) is 17.0 Å². The van der Waals surface area contributed by atoms with Gasteiger partial charge in [-0.15, -0.1) is 0 Å². The maximum atomic E-state index is 5.74. The molecule has 4 heteroatoms. The molecular weight excluding hydrogens is 274 g/mol. The van der Waals surface area contributed by atoms with Crippen molar-refractivity contribution in [3.05, 3.63) is 41.9 Å². The second kappa shape index (κ2) is 5.13. The minimum Gasteiger partial charge on any atom is -0.478 e. The Labute approximate surface area is 129 Å². The van der Waals surface area contributed by atoms with Gasteiger partial charge in [-0.05, 0) is 44.4 Å². The van der Waals surface area contributed by atoms with Crippen molar-refractivity contribution in [1.82, 2.24) is 15.0 Å². The standard InChI is InChI=1S/C18H19N3O/c1-3-22-18-15(11(2)9-10-19-18)13-5-4-6-14-16(13)21-17(20-14)12-7-8-12/h4-6,9-10,12H,3,7-8H2,1-2H3,(H,20,21). The Morgan fingerprint density at radius 2 is 2.14 bits per heavy atom. The molecule has 1 N–H and O–H groups in total. The van der Waals surface area contributed by atoms with E-state index in [1.54, 1.807) is 6.20 Å². The zero-order valence-corrected chi connectivity index (χ0v) is 12.9. The van der Waals surface area contributed by atoms with E-state index >= 15 is 0 Å². The number of hydrogen-bond acceptors (Lipinski definition) is 3. The Kier molecular flexibility index (Phi) is 3.10. The number of hydrogen-bond donors (Lipinski definition) is 1. The molecule has 1 aliphatic rings. The molecule has 1 fully saturated rings. The van der Waals surface area contributed by atoms with E-state index in [2.05, 4.69) is 35.1 Å². The first-order chi connectivity index (χ1) is 10.8. The van der Waals surface area contributed by atoms with Crippen LogP contribution in [0.5, 0.6) is 5.88 Å². The SMILES string of the molecule is CCOc1nccc(C)c1-c1cccc2[nH]c(C3CC3)nc12. The number of pyridine rings is 1. The quantitative estimate of drug-likeness (QED) is 0.784. The van der Waals surface area contributed by atoms with Crippen LogP contribution in [0.2, 0.25) is 0 Å². The summed E-state index contributed by atoms with van der Waals surface area (Å²) >= 11 is 0. The highest BCUT2D eigenvalue weighted by molar-refractivity contribution is 5.94. The molecule has 0 saturated heterocycles. The Balaban J connectivity index is 1.94. The van der Waals surface area contributed by atoms with Crippen LogP contribution in [-0.2, 0) is 0 Å². The molecule has 0 amide bonds. The Morgan fingerprint density at radius 3 is 2.91 bits per heavy atom. The van der Waals surface area contributed by atoms with E-state index < -0.39 is 0 Å². The summed E-state index contributed by atoms with van der Waals surface area (Å²) in [6.45, 7) is 4.67. The van der Waals surface area contributed by atoms with Crippen molar-refractivity contribution >= 4 is 11.0 Å². The molecule has 2 heterocycles. The lowest BCUT2D eigenvalue weighted by Crippen LogP contribution is -1.98. The lowest BCUT2D eigenvalue weighted by Gasteiger charge is -2.12. The Hall–Kier alpha value is -2.36. The van der Waals surface area contributed by atoms with Crippen molar-refractivity contribution in [1.29, 1.82) is 0 Å². The van der Waals surface area contributed by atoms with E-state index in [4.69, 9.17) is 9.72 Å². The highest BCUT2D eigenvalue weighted by Gasteiger charge is 2.27. The maximum absolute atomic E-state index is 5.74. The summed E-state index contributed by atoms with van der Waals surface area (Å²) in [6.07, 6.45) is 4.28. The first-order valence-corrected chi connectivity index (χ1v) is 7.85. The highest BCUT2D eigenvalue weighted by Crippen LogP contribution is 2.41. The molecule has 3 aromatic rings. The number of ether oxygens (including phenoxy) is 1. The summed E-state index contributed by atoms with van der Waals surface area (Å²) in [7, 11) is 0. The van der Waals surface area contributed by atoms with Crippen LogP contribution in [0.15, 0.2) is 30.5 Å². The third-order valence-corrected chi connectivity index (χ3v) is 4.17. The number of nitrogens with zero attached hydrogens (tertiary/aromatic N) is 2. The van der Waals surface area contributed by atoms with Gasteiger partial charge in [0.1, 0.15) is 5.82 Å². The smallest absolute Gasteiger partial charge is 0.221 e. The summed E-state index contributed by atoms with van der Waals surface area (Å²) in [4.78, 5) is 12.7. The van der Waals surface area contributed by atoms with E-state index in [0.717, 1.165) is 33.5 Å². The molecular formula is C18H19N3O. The van der Waals surface area contributed by atoms with E-state index in [1.807, 2.05) is 13.0 Å². The molecule has 4 rings (SSSR count). The minimum absolute atomic E-state index is 0.604. The lowest BCUT2D eigenvalue weighted by atomic mass is 10.0. The molecule has 2 aromatic heterocycles. The number of aromatic nitrogens is 3. The molecule has 0 spiro atoms. The van der Waals surface area contributed by atoms with Crippen LogP contribution >= 0.6 is 0 Å². The molecule has 22 heavy (non-hydrogen) atoms. The molecule has 1 aliphatic carbocycles. The number of benzene rings is 1. The summed E-state index contributed by atoms with van der Waals surface area (Å²) in [5.74, 6) is 2.41. The second-order valence-electron chi connectivity index (χ2n) is 5.84. The first-order valence-electron chi connectivity index (χ1n) is 7.85. The number of imidazole rings is 1. The van der Waals surface area contributed by atoms with Gasteiger partial charge in [-0.2, -0.15) is 0 Å². The zero-order valence-electron chi connectivity index (χ0n) is 12.9. The van der Waals surface area contributed by atoms with Crippen LogP contribution in [0.1, 0.15) is 37.1 Å². The predicted octanol–water partition coefficient (Wildman–Crippen LogP) is 4.21. The van der Waals surface area contributed by atoms with Crippen LogP contribution in [0.25, 0.3) is 22.2 Å². The number of nitrogens with one attached hydrogen (secondary N) is 1. The summed E-state index contributed by atoms with van der Waals surface area (Å²) < 4.78 is 5.74. The van der Waals surface area contributed by atoms with Crippen molar-refractivity contribution in [2.45, 2.75) is 32.6 Å². The topological polar surface area (TPSA) is 50.8 Å². The average Bonchev–Trinajstić information content (AvgIpc) is 3.27. The van der Waals surface area contributed by atoms with Gasteiger partial charge < -0.3 is 9.72 Å². The Morgan fingerprint density at radius 1 is 1.27 bits per heavy atom. The summed E-state index contributed by atoms with van der Waals surface area (Å²) in [6, 6.07) is 8.27. The number of fused-ring (bicyclic) bond motifs is 1. The van der Waals surface area contributed by atoms with Gasteiger partial charge in [0.25, 0.3) is 0 Å². The van der Waals surface area contributed by atoms with Crippen LogP contribution in [0.3, 0.4) is 0 Å². The lowest BCUT2D eigenvalue weighted by molar-refractivity contribution is 0.328. The van der Waals surface area contributed by atoms with Gasteiger partial charge in [-0.3, -0.25) is 0 Å². The van der Waals surface area contributed by atoms with Crippen molar-refractivity contribution in [3.63, 3.8) is 0 Å². The van der Waals surface area contributed by atoms with Crippen molar-refractivity contribution < 1.29 is 4.74 Å². The molecule has 0 unspecified atom stereocenters. The normalized spacial score (nSPS) is 14.5. The van der Waals surface area contributed by atoms with Crippen LogP contribution in [-0.4, -0.2) is 21.6 Å². The largest absolute Gasteiger partial charge is 0.478 e. The third kappa shape index (κ3) is 2.15. The fourth-order valence-corrected chi connectivity index (χ4v) is 2.91. The number of aromatic amines is 1. The van der Waals surface area contributed by atoms with Gasteiger partial charge in [0.05, 0.1) is 17.6 Å². The summed E-state index contributed by atoms with van der Waals surface area (Å²) in [5.41, 5.74) is 5.40. The van der Waals surface area contributed by atoms with E-state index in [-0.39, 0.29) is 0 Å². The van der Waals surface area contributed by atoms with Crippen molar-refractivity contribution in [2.75, 3.05) is 6.61 Å². The number of rotatable bonds is 4. The van der Waals surface area contributed by atoms with Gasteiger partial charge in [0.2, 0.25) is 5.88 Å². The molecule has 112 valence electrons. The minimum atomic E-state index is 0.604. The van der Waals surface area contributed by atoms with E-state index in [1.165, 1.54) is 12.8 Å². The van der Waals surface area contributed by atoms with Gasteiger partial charge in [0, 0.05) is 23.2 Å². The van der Waals surface area contributed by atoms with Crippen LogP contribution < -0.4 is 4.74 Å². The zero-order chi connectivity index (χ0) is 15.1. The van der Waals surface area contributed by atoms with Gasteiger partial charge >= 0.3 is 0 Å². The molecule has 4 nitrogen and oxygen atoms in total. The predicted molar refractivity (Wildman–Crippen MR) is 87.2 cm³/mol. The van der Waals surface area contributed by atoms with Crippen molar-refractivity contribution in [2.24, 2.45) is 0 Å². The highest BCUT2D eigenvalue weighted by atomic mass is 16.5. The average molecular weight is 293 g/mol. The molecule has 0 radical (unpaired) electrons. The first kappa shape index (κ1) is 13.3. The fourth-order valence-electron chi connectivity index (χ4n) is 2.91. The number of aryl methyl sites for hydroxylation is 1. The van der Waals surface area contributed by atoms with Gasteiger partial charge in [-0.1, -0.05) is 12.1 Å². The molecule has 0 bridgehead atoms. The number of para-hydroxylation sites is 1. The van der Waals surface area contributed by atoms with Crippen LogP contribution in [0, 0.1) is 6.92 Å². The third-order valence-electron chi connectivity index (χ3n) is 4.17. The van der Waals surface area contributed by atoms with Gasteiger partial charge in [0.15, 0.2) is 0 Å². The maximum Gasteiger partial charge on any atom is 0.221 e. The Bertz CT molecular complexity index is 833. The fraction of sp³-hybridized carbons (Fsp3) is 0.333.